The van der Waals surface area contributed by atoms with Crippen LogP contribution in [-0.2, 0) is 28.7 Å². The number of nitrogens with zero attached hydrogens (tertiary/aromatic N) is 1. The van der Waals surface area contributed by atoms with E-state index in [1.165, 1.54) is 4.90 Å². The van der Waals surface area contributed by atoms with Crippen LogP contribution in [0.4, 0.5) is 4.79 Å². The summed E-state index contributed by atoms with van der Waals surface area (Å²) in [5.41, 5.74) is 5.93. The summed E-state index contributed by atoms with van der Waals surface area (Å²) in [5.74, 6) is -2.10. The second-order valence-corrected chi connectivity index (χ2v) is 10.5. The quantitative estimate of drug-likeness (QED) is 0.206. The third-order valence-electron chi connectivity index (χ3n) is 5.93. The van der Waals surface area contributed by atoms with Gasteiger partial charge in [-0.05, 0) is 58.6 Å². The molecule has 4 N–H and O–H groups in total. The van der Waals surface area contributed by atoms with Crippen molar-refractivity contribution in [3.63, 3.8) is 0 Å². The van der Waals surface area contributed by atoms with Gasteiger partial charge in [-0.15, -0.1) is 0 Å². The molecule has 0 saturated heterocycles. The first-order valence-electron chi connectivity index (χ1n) is 13.9. The molecule has 40 heavy (non-hydrogen) atoms. The smallest absolute Gasteiger partial charge is 0.408 e. The lowest BCUT2D eigenvalue weighted by atomic mass is 9.97. The number of nitrogens with one attached hydrogen (secondary N) is 2. The molecule has 11 heteroatoms. The van der Waals surface area contributed by atoms with Crippen molar-refractivity contribution in [1.82, 2.24) is 15.5 Å². The fraction of sp³-hybridized carbons (Fsp3) is 0.621. The molecule has 2 atom stereocenters. The molecule has 0 aliphatic heterocycles. The minimum atomic E-state index is -1.16. The van der Waals surface area contributed by atoms with Crippen LogP contribution in [0.25, 0.3) is 0 Å². The average Bonchev–Trinajstić information content (AvgIpc) is 2.85. The van der Waals surface area contributed by atoms with Gasteiger partial charge in [0.15, 0.2) is 0 Å². The van der Waals surface area contributed by atoms with Crippen molar-refractivity contribution in [3.05, 3.63) is 35.4 Å². The Morgan fingerprint density at radius 1 is 1.02 bits per heavy atom. The highest BCUT2D eigenvalue weighted by Crippen LogP contribution is 2.27. The summed E-state index contributed by atoms with van der Waals surface area (Å²) in [5, 5.41) is 5.34. The van der Waals surface area contributed by atoms with Crippen molar-refractivity contribution < 1.29 is 33.4 Å². The number of carbonyl (C=O) groups is 5. The Kier molecular flexibility index (Phi) is 14.7. The van der Waals surface area contributed by atoms with E-state index in [1.807, 2.05) is 26.0 Å². The van der Waals surface area contributed by atoms with Crippen LogP contribution >= 0.6 is 0 Å². The van der Waals surface area contributed by atoms with Crippen molar-refractivity contribution in [3.8, 4) is 0 Å². The SMILES string of the molecule is CCCCCN(C(=O)C(CCC(N)=O)NC(=O)OC(C)(C)C)C(C(=O)NCCC(=O)OCC)c1ccccc1C. The zero-order valence-corrected chi connectivity index (χ0v) is 24.7. The van der Waals surface area contributed by atoms with Crippen LogP contribution in [-0.4, -0.2) is 66.0 Å². The summed E-state index contributed by atoms with van der Waals surface area (Å²) < 4.78 is 10.3. The number of hydrogen-bond acceptors (Lipinski definition) is 7. The molecule has 1 aromatic rings. The maximum absolute atomic E-state index is 14.1. The highest BCUT2D eigenvalue weighted by molar-refractivity contribution is 5.92. The van der Waals surface area contributed by atoms with Crippen molar-refractivity contribution in [2.24, 2.45) is 5.73 Å². The largest absolute Gasteiger partial charge is 0.466 e. The molecular weight excluding hydrogens is 516 g/mol. The Labute approximate surface area is 237 Å². The molecule has 0 heterocycles. The number of carbonyl (C=O) groups excluding carboxylic acids is 5. The lowest BCUT2D eigenvalue weighted by molar-refractivity contribution is -0.144. The van der Waals surface area contributed by atoms with E-state index in [0.717, 1.165) is 18.4 Å². The fourth-order valence-electron chi connectivity index (χ4n) is 4.05. The molecule has 4 amide bonds. The lowest BCUT2D eigenvalue weighted by Gasteiger charge is -2.35. The van der Waals surface area contributed by atoms with Crippen molar-refractivity contribution in [2.45, 2.75) is 97.8 Å². The Morgan fingerprint density at radius 3 is 2.27 bits per heavy atom. The third-order valence-corrected chi connectivity index (χ3v) is 5.93. The zero-order valence-electron chi connectivity index (χ0n) is 24.7. The number of rotatable bonds is 16. The molecule has 2 unspecified atom stereocenters. The van der Waals surface area contributed by atoms with Crippen LogP contribution in [0.3, 0.4) is 0 Å². The molecule has 0 fully saturated rings. The predicted octanol–water partition coefficient (Wildman–Crippen LogP) is 3.28. The van der Waals surface area contributed by atoms with E-state index in [0.29, 0.717) is 12.0 Å². The maximum Gasteiger partial charge on any atom is 0.408 e. The van der Waals surface area contributed by atoms with Gasteiger partial charge in [-0.2, -0.15) is 0 Å². The van der Waals surface area contributed by atoms with Gasteiger partial charge in [-0.3, -0.25) is 19.2 Å². The Morgan fingerprint density at radius 2 is 1.70 bits per heavy atom. The molecule has 0 aliphatic carbocycles. The summed E-state index contributed by atoms with van der Waals surface area (Å²) in [7, 11) is 0. The van der Waals surface area contributed by atoms with E-state index in [4.69, 9.17) is 15.2 Å². The second kappa shape index (κ2) is 17.1. The molecule has 1 rings (SSSR count). The van der Waals surface area contributed by atoms with Gasteiger partial charge in [0.1, 0.15) is 17.7 Å². The average molecular weight is 563 g/mol. The second-order valence-electron chi connectivity index (χ2n) is 10.5. The molecule has 0 spiro atoms. The van der Waals surface area contributed by atoms with E-state index >= 15 is 0 Å². The number of aryl methyl sites for hydroxylation is 1. The van der Waals surface area contributed by atoms with E-state index in [1.54, 1.807) is 39.8 Å². The summed E-state index contributed by atoms with van der Waals surface area (Å²) in [6.07, 6.45) is 1.22. The van der Waals surface area contributed by atoms with Gasteiger partial charge in [0.05, 0.1) is 13.0 Å². The number of ether oxygens (including phenoxy) is 2. The van der Waals surface area contributed by atoms with Crippen molar-refractivity contribution >= 4 is 29.8 Å². The molecular formula is C29H46N4O7. The predicted molar refractivity (Wildman–Crippen MR) is 151 cm³/mol. The molecule has 0 aromatic heterocycles. The van der Waals surface area contributed by atoms with Crippen LogP contribution in [0.2, 0.25) is 0 Å². The van der Waals surface area contributed by atoms with Gasteiger partial charge in [-0.1, -0.05) is 44.0 Å². The number of alkyl carbamates (subject to hydrolysis) is 1. The molecule has 11 nitrogen and oxygen atoms in total. The first-order valence-corrected chi connectivity index (χ1v) is 13.9. The number of benzene rings is 1. The van der Waals surface area contributed by atoms with Gasteiger partial charge in [0, 0.05) is 19.5 Å². The number of amides is 4. The maximum atomic E-state index is 14.1. The molecule has 224 valence electrons. The van der Waals surface area contributed by atoms with Crippen LogP contribution in [0.15, 0.2) is 24.3 Å². The van der Waals surface area contributed by atoms with Gasteiger partial charge < -0.3 is 30.7 Å². The minimum absolute atomic E-state index is 0.0225. The summed E-state index contributed by atoms with van der Waals surface area (Å²) in [4.78, 5) is 65.3. The van der Waals surface area contributed by atoms with Gasteiger partial charge in [-0.25, -0.2) is 4.79 Å². The van der Waals surface area contributed by atoms with E-state index in [9.17, 15) is 24.0 Å². The molecule has 0 bridgehead atoms. The first kappa shape index (κ1) is 34.4. The lowest BCUT2D eigenvalue weighted by Crippen LogP contribution is -2.53. The fourth-order valence-corrected chi connectivity index (χ4v) is 4.05. The normalized spacial score (nSPS) is 12.6. The van der Waals surface area contributed by atoms with Crippen LogP contribution in [0.5, 0.6) is 0 Å². The zero-order chi connectivity index (χ0) is 30.3. The molecule has 0 radical (unpaired) electrons. The summed E-state index contributed by atoms with van der Waals surface area (Å²) in [6.45, 7) is 11.1. The topological polar surface area (TPSA) is 157 Å². The number of nitrogens with two attached hydrogens (primary N) is 1. The molecule has 0 aliphatic rings. The van der Waals surface area contributed by atoms with Crippen molar-refractivity contribution in [1.29, 1.82) is 0 Å². The van der Waals surface area contributed by atoms with Crippen LogP contribution in [0, 0.1) is 6.92 Å². The van der Waals surface area contributed by atoms with Crippen LogP contribution in [0.1, 0.15) is 90.3 Å². The summed E-state index contributed by atoms with van der Waals surface area (Å²) >= 11 is 0. The standard InChI is InChI=1S/C29H46N4O7/c1-7-9-12-19-33(27(37)22(15-16-23(30)34)32-28(38)40-29(4,5)6)25(21-14-11-10-13-20(21)3)26(36)31-18-17-24(35)39-8-2/h10-11,13-14,22,25H,7-9,12,15-19H2,1-6H3,(H2,30,34)(H,31,36)(H,32,38). The highest BCUT2D eigenvalue weighted by Gasteiger charge is 2.36. The highest BCUT2D eigenvalue weighted by atomic mass is 16.6. The number of primary amides is 1. The minimum Gasteiger partial charge on any atom is -0.466 e. The van der Waals surface area contributed by atoms with E-state index < -0.39 is 47.5 Å². The molecule has 0 saturated carbocycles. The van der Waals surface area contributed by atoms with Crippen molar-refractivity contribution in [2.75, 3.05) is 19.7 Å². The molecule has 1 aromatic carbocycles. The number of hydrogen-bond donors (Lipinski definition) is 3. The Hall–Kier alpha value is -3.63. The first-order chi connectivity index (χ1) is 18.8. The number of unbranched alkanes of at least 4 members (excludes halogenated alkanes) is 2. The Balaban J connectivity index is 3.46. The van der Waals surface area contributed by atoms with Crippen LogP contribution < -0.4 is 16.4 Å². The van der Waals surface area contributed by atoms with E-state index in [2.05, 4.69) is 10.6 Å². The Bertz CT molecular complexity index is 1010. The van der Waals surface area contributed by atoms with Gasteiger partial charge in [0.2, 0.25) is 17.7 Å². The number of esters is 1. The summed E-state index contributed by atoms with van der Waals surface area (Å²) in [6, 6.07) is 5.00. The van der Waals surface area contributed by atoms with E-state index in [-0.39, 0.29) is 39.0 Å². The van der Waals surface area contributed by atoms with Gasteiger partial charge >= 0.3 is 12.1 Å². The third kappa shape index (κ3) is 12.5. The monoisotopic (exact) mass is 562 g/mol. The van der Waals surface area contributed by atoms with Gasteiger partial charge in [0.25, 0.3) is 0 Å².